The van der Waals surface area contributed by atoms with E-state index in [2.05, 4.69) is 15.7 Å². The number of carbonyl (C=O) groups is 3. The first-order valence-corrected chi connectivity index (χ1v) is 10.7. The van der Waals surface area contributed by atoms with Crippen LogP contribution in [0.5, 0.6) is 0 Å². The highest BCUT2D eigenvalue weighted by molar-refractivity contribution is 6.31. The van der Waals surface area contributed by atoms with Gasteiger partial charge in [-0.2, -0.15) is 5.10 Å². The molecule has 4 N–H and O–H groups in total. The first-order valence-electron chi connectivity index (χ1n) is 10.3. The van der Waals surface area contributed by atoms with Crippen LogP contribution in [0, 0.1) is 17.0 Å². The molecular formula is C23H24ClF2N5O3. The Morgan fingerprint density at radius 1 is 1.15 bits per heavy atom. The summed E-state index contributed by atoms with van der Waals surface area (Å²) in [5.74, 6) is -3.20. The maximum absolute atomic E-state index is 14.9. The zero-order chi connectivity index (χ0) is 25.2. The number of nitrogens with one attached hydrogen (secondary N) is 2. The summed E-state index contributed by atoms with van der Waals surface area (Å²) in [6.45, 7) is 4.85. The van der Waals surface area contributed by atoms with Crippen LogP contribution in [0.3, 0.4) is 0 Å². The molecule has 0 aliphatic rings. The van der Waals surface area contributed by atoms with Crippen molar-refractivity contribution in [3.8, 4) is 0 Å². The minimum Gasteiger partial charge on any atom is -0.368 e. The molecule has 3 amide bonds. The maximum atomic E-state index is 14.9. The van der Waals surface area contributed by atoms with Crippen molar-refractivity contribution in [3.63, 3.8) is 0 Å². The van der Waals surface area contributed by atoms with Crippen molar-refractivity contribution in [2.75, 3.05) is 6.54 Å². The molecule has 180 valence electrons. The second-order valence-corrected chi connectivity index (χ2v) is 9.31. The summed E-state index contributed by atoms with van der Waals surface area (Å²) in [6, 6.07) is 7.03. The van der Waals surface area contributed by atoms with Crippen molar-refractivity contribution >= 4 is 40.2 Å². The number of halogens is 3. The first-order chi connectivity index (χ1) is 15.9. The molecule has 1 heterocycles. The van der Waals surface area contributed by atoms with Crippen LogP contribution < -0.4 is 16.4 Å². The van der Waals surface area contributed by atoms with Crippen LogP contribution in [0.2, 0.25) is 5.02 Å². The van der Waals surface area contributed by atoms with Gasteiger partial charge in [0, 0.05) is 10.4 Å². The number of nitrogens with two attached hydrogens (primary N) is 1. The number of hydrogen-bond donors (Lipinski definition) is 3. The Kier molecular flexibility index (Phi) is 7.21. The molecule has 8 nitrogen and oxygen atoms in total. The van der Waals surface area contributed by atoms with Crippen LogP contribution in [0.1, 0.15) is 36.8 Å². The highest BCUT2D eigenvalue weighted by Gasteiger charge is 2.34. The topological polar surface area (TPSA) is 119 Å². The molecule has 2 aromatic carbocycles. The quantitative estimate of drug-likeness (QED) is 0.470. The summed E-state index contributed by atoms with van der Waals surface area (Å²) in [5, 5.41) is 9.49. The number of fused-ring (bicyclic) bond motifs is 1. The third-order valence-electron chi connectivity index (χ3n) is 5.06. The van der Waals surface area contributed by atoms with E-state index in [1.165, 1.54) is 35.0 Å². The standard InChI is InChI=1S/C23H24ClF2N5O3/c1-23(2,3)20(22(34)28-10-17(27)32)29-21(33)18-15-8-13(24)9-16(26)19(15)31(30-18)11-12-4-6-14(25)7-5-12/h4-9,20H,10-11H2,1-3H3,(H2,27,32)(H,28,34)(H,29,33)/t20-/m1/s1. The molecule has 0 spiro atoms. The molecule has 0 fully saturated rings. The predicted octanol–water partition coefficient (Wildman–Crippen LogP) is 2.76. The normalized spacial score (nSPS) is 12.4. The molecule has 1 aromatic heterocycles. The van der Waals surface area contributed by atoms with E-state index in [4.69, 9.17) is 17.3 Å². The lowest BCUT2D eigenvalue weighted by Crippen LogP contribution is -2.54. The van der Waals surface area contributed by atoms with Crippen molar-refractivity contribution in [1.29, 1.82) is 0 Å². The van der Waals surface area contributed by atoms with E-state index in [0.717, 1.165) is 6.07 Å². The SMILES string of the molecule is CC(C)(C)[C@H](NC(=O)c1nn(Cc2ccc(F)cc2)c2c(F)cc(Cl)cc12)C(=O)NCC(N)=O. The second kappa shape index (κ2) is 9.76. The number of amides is 3. The number of rotatable bonds is 7. The second-order valence-electron chi connectivity index (χ2n) is 8.87. The molecule has 0 saturated carbocycles. The molecule has 0 bridgehead atoms. The van der Waals surface area contributed by atoms with E-state index in [0.29, 0.717) is 5.56 Å². The number of hydrogen-bond acceptors (Lipinski definition) is 4. The fourth-order valence-electron chi connectivity index (χ4n) is 3.43. The van der Waals surface area contributed by atoms with E-state index in [1.54, 1.807) is 20.8 Å². The molecular weight excluding hydrogens is 468 g/mol. The average molecular weight is 492 g/mol. The third-order valence-corrected chi connectivity index (χ3v) is 5.28. The molecule has 3 rings (SSSR count). The minimum absolute atomic E-state index is 0.0318. The van der Waals surface area contributed by atoms with Gasteiger partial charge in [-0.05, 0) is 35.2 Å². The van der Waals surface area contributed by atoms with Crippen LogP contribution in [0.25, 0.3) is 10.9 Å². The lowest BCUT2D eigenvalue weighted by atomic mass is 9.86. The van der Waals surface area contributed by atoms with Crippen LogP contribution in [-0.2, 0) is 16.1 Å². The molecule has 1 atom stereocenters. The van der Waals surface area contributed by atoms with E-state index in [-0.39, 0.29) is 28.2 Å². The Hall–Kier alpha value is -3.53. The minimum atomic E-state index is -1.05. The largest absolute Gasteiger partial charge is 0.368 e. The summed E-state index contributed by atoms with van der Waals surface area (Å²) >= 11 is 6.03. The van der Waals surface area contributed by atoms with Crippen LogP contribution in [0.4, 0.5) is 8.78 Å². The lowest BCUT2D eigenvalue weighted by Gasteiger charge is -2.30. The van der Waals surface area contributed by atoms with Gasteiger partial charge in [-0.25, -0.2) is 8.78 Å². The smallest absolute Gasteiger partial charge is 0.273 e. The fourth-order valence-corrected chi connectivity index (χ4v) is 3.63. The highest BCUT2D eigenvalue weighted by Crippen LogP contribution is 2.28. The Morgan fingerprint density at radius 3 is 2.38 bits per heavy atom. The van der Waals surface area contributed by atoms with Crippen molar-refractivity contribution in [1.82, 2.24) is 20.4 Å². The van der Waals surface area contributed by atoms with E-state index < -0.39 is 47.4 Å². The summed E-state index contributed by atoms with van der Waals surface area (Å²) < 4.78 is 29.4. The zero-order valence-corrected chi connectivity index (χ0v) is 19.5. The van der Waals surface area contributed by atoms with E-state index >= 15 is 0 Å². The van der Waals surface area contributed by atoms with Gasteiger partial charge in [0.2, 0.25) is 11.8 Å². The van der Waals surface area contributed by atoms with Crippen molar-refractivity contribution in [3.05, 3.63) is 64.3 Å². The number of aromatic nitrogens is 2. The Morgan fingerprint density at radius 2 is 1.79 bits per heavy atom. The lowest BCUT2D eigenvalue weighted by molar-refractivity contribution is -0.128. The third kappa shape index (κ3) is 5.69. The molecule has 0 saturated heterocycles. The van der Waals surface area contributed by atoms with Crippen molar-refractivity contribution in [2.24, 2.45) is 11.1 Å². The summed E-state index contributed by atoms with van der Waals surface area (Å²) in [5.41, 5.74) is 4.86. The summed E-state index contributed by atoms with van der Waals surface area (Å²) in [6.07, 6.45) is 0. The molecule has 3 aromatic rings. The fraction of sp³-hybridized carbons (Fsp3) is 0.304. The number of carbonyl (C=O) groups excluding carboxylic acids is 3. The van der Waals surface area contributed by atoms with Gasteiger partial charge >= 0.3 is 0 Å². The Bertz CT molecular complexity index is 1250. The van der Waals surface area contributed by atoms with Crippen LogP contribution in [0.15, 0.2) is 36.4 Å². The zero-order valence-electron chi connectivity index (χ0n) is 18.8. The van der Waals surface area contributed by atoms with E-state index in [1.807, 2.05) is 0 Å². The molecule has 34 heavy (non-hydrogen) atoms. The molecule has 0 aliphatic heterocycles. The van der Waals surface area contributed by atoms with Gasteiger partial charge in [-0.1, -0.05) is 44.5 Å². The highest BCUT2D eigenvalue weighted by atomic mass is 35.5. The molecule has 11 heteroatoms. The number of nitrogens with zero attached hydrogens (tertiary/aromatic N) is 2. The van der Waals surface area contributed by atoms with E-state index in [9.17, 15) is 23.2 Å². The van der Waals surface area contributed by atoms with Gasteiger partial charge in [0.05, 0.1) is 13.1 Å². The van der Waals surface area contributed by atoms with Gasteiger partial charge in [0.15, 0.2) is 11.5 Å². The summed E-state index contributed by atoms with van der Waals surface area (Å²) in [4.78, 5) is 36.9. The Labute approximate surface area is 199 Å². The van der Waals surface area contributed by atoms with Crippen molar-refractivity contribution in [2.45, 2.75) is 33.4 Å². The van der Waals surface area contributed by atoms with Gasteiger partial charge in [-0.3, -0.25) is 19.1 Å². The van der Waals surface area contributed by atoms with Gasteiger partial charge in [0.1, 0.15) is 17.4 Å². The molecule has 0 radical (unpaired) electrons. The number of primary amides is 1. The van der Waals surface area contributed by atoms with Gasteiger partial charge in [0.25, 0.3) is 5.91 Å². The Balaban J connectivity index is 2.00. The van der Waals surface area contributed by atoms with Crippen LogP contribution in [-0.4, -0.2) is 40.1 Å². The van der Waals surface area contributed by atoms with Gasteiger partial charge in [-0.15, -0.1) is 0 Å². The summed E-state index contributed by atoms with van der Waals surface area (Å²) in [7, 11) is 0. The average Bonchev–Trinajstić information content (AvgIpc) is 3.09. The van der Waals surface area contributed by atoms with Crippen molar-refractivity contribution < 1.29 is 23.2 Å². The van der Waals surface area contributed by atoms with Gasteiger partial charge < -0.3 is 16.4 Å². The molecule has 0 unspecified atom stereocenters. The predicted molar refractivity (Wildman–Crippen MR) is 123 cm³/mol. The van der Waals surface area contributed by atoms with Crippen LogP contribution >= 0.6 is 11.6 Å². The number of benzene rings is 2. The first kappa shape index (κ1) is 25.1. The molecule has 0 aliphatic carbocycles. The maximum Gasteiger partial charge on any atom is 0.273 e. The monoisotopic (exact) mass is 491 g/mol.